The average molecular weight is 294 g/mol. The summed E-state index contributed by atoms with van der Waals surface area (Å²) < 4.78 is 3.08. The molecule has 0 saturated heterocycles. The Labute approximate surface area is 110 Å². The van der Waals surface area contributed by atoms with Crippen LogP contribution in [-0.4, -0.2) is 16.8 Å². The molecular weight excluding hydrogens is 278 g/mol. The van der Waals surface area contributed by atoms with Gasteiger partial charge in [-0.15, -0.1) is 0 Å². The lowest BCUT2D eigenvalue weighted by Crippen LogP contribution is -2.07. The maximum atomic E-state index is 4.59. The van der Waals surface area contributed by atoms with E-state index in [2.05, 4.69) is 52.3 Å². The smallest absolute Gasteiger partial charge is 0.0649 e. The van der Waals surface area contributed by atoms with E-state index in [-0.39, 0.29) is 0 Å². The van der Waals surface area contributed by atoms with Gasteiger partial charge in [-0.3, -0.25) is 0 Å². The lowest BCUT2D eigenvalue weighted by molar-refractivity contribution is 0.801. The Morgan fingerprint density at radius 2 is 1.88 bits per heavy atom. The first kappa shape index (κ1) is 12.3. The number of hydrogen-bond acceptors (Lipinski definition) is 2. The molecule has 0 aliphatic rings. The number of halogens is 1. The van der Waals surface area contributed by atoms with Gasteiger partial charge in [0, 0.05) is 22.3 Å². The molecule has 0 spiro atoms. The van der Waals surface area contributed by atoms with E-state index >= 15 is 0 Å². The standard InChI is InChI=1S/C13H16BrN3/c1-9-13(8-15-3)10(2)17(16-9)12-6-4-11(14)5-7-12/h4-7,15H,8H2,1-3H3. The lowest BCUT2D eigenvalue weighted by atomic mass is 10.2. The van der Waals surface area contributed by atoms with Crippen LogP contribution in [0.15, 0.2) is 28.7 Å². The highest BCUT2D eigenvalue weighted by Gasteiger charge is 2.11. The summed E-state index contributed by atoms with van der Waals surface area (Å²) in [6.45, 7) is 5.01. The van der Waals surface area contributed by atoms with Crippen molar-refractivity contribution in [1.82, 2.24) is 15.1 Å². The van der Waals surface area contributed by atoms with Crippen molar-refractivity contribution >= 4 is 15.9 Å². The van der Waals surface area contributed by atoms with Gasteiger partial charge in [0.15, 0.2) is 0 Å². The maximum absolute atomic E-state index is 4.59. The minimum atomic E-state index is 0.855. The molecule has 1 N–H and O–H groups in total. The van der Waals surface area contributed by atoms with Crippen molar-refractivity contribution in [2.45, 2.75) is 20.4 Å². The van der Waals surface area contributed by atoms with Crippen molar-refractivity contribution < 1.29 is 0 Å². The molecule has 2 rings (SSSR count). The van der Waals surface area contributed by atoms with Gasteiger partial charge in [0.1, 0.15) is 0 Å². The summed E-state index contributed by atoms with van der Waals surface area (Å²) in [5, 5.41) is 7.77. The molecule has 3 nitrogen and oxygen atoms in total. The van der Waals surface area contributed by atoms with Crippen LogP contribution in [0, 0.1) is 13.8 Å². The van der Waals surface area contributed by atoms with Crippen LogP contribution in [0.2, 0.25) is 0 Å². The second kappa shape index (κ2) is 5.02. The molecule has 1 heterocycles. The van der Waals surface area contributed by atoms with Crippen molar-refractivity contribution in [3.05, 3.63) is 45.7 Å². The van der Waals surface area contributed by atoms with E-state index in [4.69, 9.17) is 0 Å². The Bertz CT molecular complexity index is 514. The Morgan fingerprint density at radius 3 is 2.47 bits per heavy atom. The molecule has 4 heteroatoms. The van der Waals surface area contributed by atoms with Gasteiger partial charge in [-0.1, -0.05) is 15.9 Å². The largest absolute Gasteiger partial charge is 0.316 e. The van der Waals surface area contributed by atoms with Gasteiger partial charge in [0.25, 0.3) is 0 Å². The van der Waals surface area contributed by atoms with E-state index in [0.29, 0.717) is 0 Å². The van der Waals surface area contributed by atoms with Crippen molar-refractivity contribution in [2.24, 2.45) is 0 Å². The summed E-state index contributed by atoms with van der Waals surface area (Å²) in [5.74, 6) is 0. The normalized spacial score (nSPS) is 10.8. The fourth-order valence-corrected chi connectivity index (χ4v) is 2.21. The number of aromatic nitrogens is 2. The van der Waals surface area contributed by atoms with Crippen LogP contribution in [0.5, 0.6) is 0 Å². The first-order valence-corrected chi connectivity index (χ1v) is 6.38. The Kier molecular flexibility index (Phi) is 3.64. The third-order valence-electron chi connectivity index (χ3n) is 2.87. The van der Waals surface area contributed by atoms with E-state index in [1.54, 1.807) is 0 Å². The van der Waals surface area contributed by atoms with Gasteiger partial charge in [-0.25, -0.2) is 4.68 Å². The highest BCUT2D eigenvalue weighted by molar-refractivity contribution is 9.10. The molecule has 0 aliphatic heterocycles. The predicted molar refractivity (Wildman–Crippen MR) is 73.5 cm³/mol. The summed E-state index contributed by atoms with van der Waals surface area (Å²) in [5.41, 5.74) is 4.64. The molecule has 0 amide bonds. The molecule has 0 atom stereocenters. The monoisotopic (exact) mass is 293 g/mol. The summed E-state index contributed by atoms with van der Waals surface area (Å²) in [6.07, 6.45) is 0. The molecule has 17 heavy (non-hydrogen) atoms. The summed E-state index contributed by atoms with van der Waals surface area (Å²) >= 11 is 3.44. The highest BCUT2D eigenvalue weighted by atomic mass is 79.9. The van der Waals surface area contributed by atoms with Crippen molar-refractivity contribution in [1.29, 1.82) is 0 Å². The van der Waals surface area contributed by atoms with Crippen LogP contribution >= 0.6 is 15.9 Å². The lowest BCUT2D eigenvalue weighted by Gasteiger charge is -2.05. The Hall–Kier alpha value is -1.13. The molecular formula is C13H16BrN3. The van der Waals surface area contributed by atoms with E-state index in [9.17, 15) is 0 Å². The van der Waals surface area contributed by atoms with Crippen LogP contribution in [0.1, 0.15) is 17.0 Å². The Balaban J connectivity index is 2.46. The van der Waals surface area contributed by atoms with E-state index in [1.807, 2.05) is 23.9 Å². The number of nitrogens with zero attached hydrogens (tertiary/aromatic N) is 2. The number of nitrogens with one attached hydrogen (secondary N) is 1. The zero-order valence-corrected chi connectivity index (χ0v) is 11.9. The highest BCUT2D eigenvalue weighted by Crippen LogP contribution is 2.19. The first-order valence-electron chi connectivity index (χ1n) is 5.59. The maximum Gasteiger partial charge on any atom is 0.0649 e. The second-order valence-corrected chi connectivity index (χ2v) is 4.98. The van der Waals surface area contributed by atoms with E-state index < -0.39 is 0 Å². The zero-order chi connectivity index (χ0) is 12.4. The number of hydrogen-bond donors (Lipinski definition) is 1. The molecule has 1 aromatic heterocycles. The van der Waals surface area contributed by atoms with Crippen molar-refractivity contribution in [3.8, 4) is 5.69 Å². The summed E-state index contributed by atoms with van der Waals surface area (Å²) in [7, 11) is 1.95. The molecule has 0 saturated carbocycles. The molecule has 0 aliphatic carbocycles. The third kappa shape index (κ3) is 2.42. The second-order valence-electron chi connectivity index (χ2n) is 4.07. The van der Waals surface area contributed by atoms with Gasteiger partial charge in [-0.2, -0.15) is 5.10 Å². The zero-order valence-electron chi connectivity index (χ0n) is 10.3. The van der Waals surface area contributed by atoms with Crippen molar-refractivity contribution in [2.75, 3.05) is 7.05 Å². The van der Waals surface area contributed by atoms with E-state index in [0.717, 1.165) is 22.4 Å². The molecule has 0 radical (unpaired) electrons. The minimum Gasteiger partial charge on any atom is -0.316 e. The average Bonchev–Trinajstić information content (AvgIpc) is 2.59. The van der Waals surface area contributed by atoms with Gasteiger partial charge in [0.05, 0.1) is 11.4 Å². The molecule has 0 unspecified atom stereocenters. The van der Waals surface area contributed by atoms with Crippen LogP contribution in [0.4, 0.5) is 0 Å². The van der Waals surface area contributed by atoms with Crippen LogP contribution in [-0.2, 0) is 6.54 Å². The van der Waals surface area contributed by atoms with Gasteiger partial charge in [-0.05, 0) is 45.2 Å². The quantitative estimate of drug-likeness (QED) is 0.943. The third-order valence-corrected chi connectivity index (χ3v) is 3.39. The van der Waals surface area contributed by atoms with Crippen LogP contribution in [0.25, 0.3) is 5.69 Å². The molecule has 0 bridgehead atoms. The molecule has 0 fully saturated rings. The van der Waals surface area contributed by atoms with Crippen LogP contribution < -0.4 is 5.32 Å². The molecule has 90 valence electrons. The molecule has 2 aromatic rings. The van der Waals surface area contributed by atoms with Gasteiger partial charge >= 0.3 is 0 Å². The number of aryl methyl sites for hydroxylation is 1. The van der Waals surface area contributed by atoms with Gasteiger partial charge in [0.2, 0.25) is 0 Å². The predicted octanol–water partition coefficient (Wildman–Crippen LogP) is 2.97. The first-order chi connectivity index (χ1) is 8.13. The fourth-order valence-electron chi connectivity index (χ4n) is 1.94. The minimum absolute atomic E-state index is 0.855. The van der Waals surface area contributed by atoms with E-state index in [1.165, 1.54) is 11.3 Å². The fraction of sp³-hybridized carbons (Fsp3) is 0.308. The van der Waals surface area contributed by atoms with Crippen LogP contribution in [0.3, 0.4) is 0 Å². The molecule has 1 aromatic carbocycles. The Morgan fingerprint density at radius 1 is 1.24 bits per heavy atom. The van der Waals surface area contributed by atoms with Crippen molar-refractivity contribution in [3.63, 3.8) is 0 Å². The number of rotatable bonds is 3. The topological polar surface area (TPSA) is 29.9 Å². The summed E-state index contributed by atoms with van der Waals surface area (Å²) in [4.78, 5) is 0. The SMILES string of the molecule is CNCc1c(C)nn(-c2ccc(Br)cc2)c1C. The summed E-state index contributed by atoms with van der Waals surface area (Å²) in [6, 6.07) is 8.19. The number of benzene rings is 1. The van der Waals surface area contributed by atoms with Gasteiger partial charge < -0.3 is 5.32 Å².